The van der Waals surface area contributed by atoms with Crippen molar-refractivity contribution in [2.45, 2.75) is 43.4 Å². The summed E-state index contributed by atoms with van der Waals surface area (Å²) in [6.07, 6.45) is 2.13. The first-order valence-corrected chi connectivity index (χ1v) is 11.7. The standard InChI is InChI=1S/C10H21NO7S3/c1-19(12,13)7-2-8-20(14,15)11-9-3-5-10(6-4-9)21(16,17)18/h9-11H,2-8H2,1H3,(H,16,17,18). The summed E-state index contributed by atoms with van der Waals surface area (Å²) in [6, 6.07) is -0.369. The van der Waals surface area contributed by atoms with E-state index >= 15 is 0 Å². The molecule has 0 saturated heterocycles. The molecule has 1 aliphatic rings. The normalized spacial score (nSPS) is 24.9. The number of hydrogen-bond acceptors (Lipinski definition) is 6. The molecular weight excluding hydrogens is 342 g/mol. The minimum atomic E-state index is -4.07. The van der Waals surface area contributed by atoms with Crippen LogP contribution in [0.4, 0.5) is 0 Å². The number of hydrogen-bond donors (Lipinski definition) is 2. The second kappa shape index (κ2) is 6.90. The number of nitrogens with one attached hydrogen (secondary N) is 1. The molecule has 1 rings (SSSR count). The summed E-state index contributed by atoms with van der Waals surface area (Å²) in [5, 5.41) is -0.830. The lowest BCUT2D eigenvalue weighted by molar-refractivity contribution is 0.385. The Kier molecular flexibility index (Phi) is 6.18. The summed E-state index contributed by atoms with van der Waals surface area (Å²) in [4.78, 5) is 0. The number of sulfone groups is 1. The van der Waals surface area contributed by atoms with Gasteiger partial charge in [0.05, 0.1) is 16.8 Å². The Balaban J connectivity index is 2.44. The molecule has 0 aromatic rings. The van der Waals surface area contributed by atoms with Gasteiger partial charge in [0.25, 0.3) is 10.1 Å². The van der Waals surface area contributed by atoms with E-state index in [-0.39, 0.29) is 36.8 Å². The highest BCUT2D eigenvalue weighted by atomic mass is 32.2. The molecule has 0 bridgehead atoms. The van der Waals surface area contributed by atoms with Crippen molar-refractivity contribution < 1.29 is 29.8 Å². The maximum absolute atomic E-state index is 11.8. The highest BCUT2D eigenvalue weighted by Gasteiger charge is 2.31. The van der Waals surface area contributed by atoms with E-state index in [1.165, 1.54) is 0 Å². The molecule has 11 heteroatoms. The minimum absolute atomic E-state index is 0.0224. The van der Waals surface area contributed by atoms with E-state index in [0.717, 1.165) is 6.26 Å². The van der Waals surface area contributed by atoms with Crippen LogP contribution >= 0.6 is 0 Å². The molecule has 0 heterocycles. The van der Waals surface area contributed by atoms with Gasteiger partial charge < -0.3 is 0 Å². The predicted molar refractivity (Wildman–Crippen MR) is 78.8 cm³/mol. The van der Waals surface area contributed by atoms with Gasteiger partial charge in [-0.05, 0) is 32.1 Å². The Hall–Kier alpha value is -0.230. The highest BCUT2D eigenvalue weighted by Crippen LogP contribution is 2.24. The van der Waals surface area contributed by atoms with Crippen LogP contribution in [0.15, 0.2) is 0 Å². The molecule has 0 aromatic carbocycles. The molecule has 1 fully saturated rings. The smallest absolute Gasteiger partial charge is 0.267 e. The van der Waals surface area contributed by atoms with Gasteiger partial charge in [-0.1, -0.05) is 0 Å². The van der Waals surface area contributed by atoms with Crippen molar-refractivity contribution in [3.05, 3.63) is 0 Å². The molecule has 0 amide bonds. The Morgan fingerprint density at radius 2 is 1.48 bits per heavy atom. The van der Waals surface area contributed by atoms with Gasteiger partial charge in [-0.3, -0.25) is 4.55 Å². The van der Waals surface area contributed by atoms with Gasteiger partial charge in [-0.2, -0.15) is 8.42 Å². The van der Waals surface area contributed by atoms with Crippen LogP contribution in [0, 0.1) is 0 Å². The minimum Gasteiger partial charge on any atom is -0.285 e. The molecule has 0 aliphatic heterocycles. The summed E-state index contributed by atoms with van der Waals surface area (Å²) >= 11 is 0. The molecule has 2 N–H and O–H groups in total. The van der Waals surface area contributed by atoms with Crippen LogP contribution in [0.3, 0.4) is 0 Å². The molecule has 0 spiro atoms. The third-order valence-electron chi connectivity index (χ3n) is 3.37. The topological polar surface area (TPSA) is 135 Å². The Labute approximate surface area is 126 Å². The van der Waals surface area contributed by atoms with E-state index in [1.54, 1.807) is 0 Å². The molecule has 0 unspecified atom stereocenters. The monoisotopic (exact) mass is 363 g/mol. The van der Waals surface area contributed by atoms with Gasteiger partial charge in [0.15, 0.2) is 0 Å². The third kappa shape index (κ3) is 7.54. The van der Waals surface area contributed by atoms with Crippen molar-refractivity contribution in [1.82, 2.24) is 4.72 Å². The fraction of sp³-hybridized carbons (Fsp3) is 1.00. The summed E-state index contributed by atoms with van der Waals surface area (Å²) < 4.78 is 78.8. The summed E-state index contributed by atoms with van der Waals surface area (Å²) in [7, 11) is -10.8. The molecular formula is C10H21NO7S3. The second-order valence-corrected chi connectivity index (χ2v) is 11.2. The zero-order valence-corrected chi connectivity index (χ0v) is 14.2. The Morgan fingerprint density at radius 3 is 1.90 bits per heavy atom. The fourth-order valence-electron chi connectivity index (χ4n) is 2.30. The van der Waals surface area contributed by atoms with Crippen molar-refractivity contribution >= 4 is 30.0 Å². The first kappa shape index (κ1) is 18.8. The molecule has 126 valence electrons. The lowest BCUT2D eigenvalue weighted by Gasteiger charge is -2.27. The van der Waals surface area contributed by atoms with E-state index in [2.05, 4.69) is 4.72 Å². The first-order chi connectivity index (χ1) is 9.39. The first-order valence-electron chi connectivity index (χ1n) is 6.53. The van der Waals surface area contributed by atoms with Crippen molar-refractivity contribution in [3.63, 3.8) is 0 Å². The molecule has 0 atom stereocenters. The summed E-state index contributed by atoms with van der Waals surface area (Å²) in [5.41, 5.74) is 0. The summed E-state index contributed by atoms with van der Waals surface area (Å²) in [6.45, 7) is 0. The van der Waals surface area contributed by atoms with Gasteiger partial charge >= 0.3 is 0 Å². The summed E-state index contributed by atoms with van der Waals surface area (Å²) in [5.74, 6) is -0.471. The highest BCUT2D eigenvalue weighted by molar-refractivity contribution is 7.91. The van der Waals surface area contributed by atoms with Crippen LogP contribution < -0.4 is 4.72 Å². The molecule has 21 heavy (non-hydrogen) atoms. The largest absolute Gasteiger partial charge is 0.285 e. The van der Waals surface area contributed by atoms with E-state index in [4.69, 9.17) is 4.55 Å². The molecule has 1 aliphatic carbocycles. The number of sulfonamides is 1. The Bertz CT molecular complexity index is 643. The lowest BCUT2D eigenvalue weighted by Crippen LogP contribution is -2.41. The maximum Gasteiger partial charge on any atom is 0.267 e. The third-order valence-corrected chi connectivity index (χ3v) is 7.23. The number of rotatable bonds is 7. The van der Waals surface area contributed by atoms with Crippen LogP contribution in [0.5, 0.6) is 0 Å². The second-order valence-electron chi connectivity index (χ2n) is 5.41. The van der Waals surface area contributed by atoms with E-state index in [1.807, 2.05) is 0 Å². The molecule has 1 saturated carbocycles. The lowest BCUT2D eigenvalue weighted by atomic mass is 9.96. The van der Waals surface area contributed by atoms with E-state index in [0.29, 0.717) is 12.8 Å². The Morgan fingerprint density at radius 1 is 0.952 bits per heavy atom. The van der Waals surface area contributed by atoms with Crippen LogP contribution in [0.25, 0.3) is 0 Å². The molecule has 0 radical (unpaired) electrons. The van der Waals surface area contributed by atoms with Crippen LogP contribution in [0.2, 0.25) is 0 Å². The average molecular weight is 363 g/mol. The SMILES string of the molecule is CS(=O)(=O)CCCS(=O)(=O)NC1CCC(S(=O)(=O)O)CC1. The van der Waals surface area contributed by atoms with Gasteiger partial charge in [-0.25, -0.2) is 21.6 Å². The van der Waals surface area contributed by atoms with E-state index < -0.39 is 35.2 Å². The van der Waals surface area contributed by atoms with Crippen molar-refractivity contribution in [2.75, 3.05) is 17.8 Å². The van der Waals surface area contributed by atoms with Crippen molar-refractivity contribution in [2.24, 2.45) is 0 Å². The maximum atomic E-state index is 11.8. The molecule has 8 nitrogen and oxygen atoms in total. The average Bonchev–Trinajstić information content (AvgIpc) is 2.25. The fourth-order valence-corrected chi connectivity index (χ4v) is 5.41. The van der Waals surface area contributed by atoms with Crippen LogP contribution in [0.1, 0.15) is 32.1 Å². The van der Waals surface area contributed by atoms with Gasteiger partial charge in [-0.15, -0.1) is 0 Å². The van der Waals surface area contributed by atoms with Crippen molar-refractivity contribution in [3.8, 4) is 0 Å². The van der Waals surface area contributed by atoms with Crippen LogP contribution in [-0.2, 0) is 30.0 Å². The zero-order chi connectivity index (χ0) is 16.3. The van der Waals surface area contributed by atoms with Crippen LogP contribution in [-0.4, -0.2) is 58.9 Å². The van der Waals surface area contributed by atoms with Crippen molar-refractivity contribution in [1.29, 1.82) is 0 Å². The predicted octanol–water partition coefficient (Wildman–Crippen LogP) is -0.460. The van der Waals surface area contributed by atoms with Gasteiger partial charge in [0.1, 0.15) is 9.84 Å². The molecule has 0 aromatic heterocycles. The van der Waals surface area contributed by atoms with E-state index in [9.17, 15) is 25.3 Å². The quantitative estimate of drug-likeness (QED) is 0.584. The van der Waals surface area contributed by atoms with Gasteiger partial charge in [0, 0.05) is 12.3 Å². The zero-order valence-electron chi connectivity index (χ0n) is 11.7. The van der Waals surface area contributed by atoms with Gasteiger partial charge in [0.2, 0.25) is 10.0 Å².